The molecule has 0 unspecified atom stereocenters. The van der Waals surface area contributed by atoms with Gasteiger partial charge in [-0.2, -0.15) is 5.10 Å². The Hall–Kier alpha value is -1.38. The Kier molecular flexibility index (Phi) is 3.83. The standard InChI is InChI=1S/C12H18N2O/c1-5-6-11(15)7-8-12-9(2)13-14(4)10(12)3/h5H,1,6-8H2,2-4H3. The topological polar surface area (TPSA) is 34.9 Å². The van der Waals surface area contributed by atoms with Crippen LogP contribution in [0, 0.1) is 13.8 Å². The van der Waals surface area contributed by atoms with E-state index >= 15 is 0 Å². The SMILES string of the molecule is C=CCC(=O)CCc1c(C)nn(C)c1C. The maximum Gasteiger partial charge on any atom is 0.136 e. The zero-order valence-corrected chi connectivity index (χ0v) is 9.71. The first kappa shape index (κ1) is 11.7. The van der Waals surface area contributed by atoms with E-state index in [1.54, 1.807) is 6.08 Å². The van der Waals surface area contributed by atoms with E-state index < -0.39 is 0 Å². The van der Waals surface area contributed by atoms with Crippen molar-refractivity contribution in [3.63, 3.8) is 0 Å². The zero-order chi connectivity index (χ0) is 11.4. The van der Waals surface area contributed by atoms with Crippen LogP contribution in [0.4, 0.5) is 0 Å². The van der Waals surface area contributed by atoms with E-state index in [1.807, 2.05) is 25.6 Å². The summed E-state index contributed by atoms with van der Waals surface area (Å²) in [6.45, 7) is 7.58. The van der Waals surface area contributed by atoms with Gasteiger partial charge in [0.15, 0.2) is 0 Å². The van der Waals surface area contributed by atoms with Crippen molar-refractivity contribution in [3.05, 3.63) is 29.6 Å². The largest absolute Gasteiger partial charge is 0.299 e. The summed E-state index contributed by atoms with van der Waals surface area (Å²) in [7, 11) is 1.93. The Morgan fingerprint density at radius 3 is 2.67 bits per heavy atom. The van der Waals surface area contributed by atoms with Crippen LogP contribution >= 0.6 is 0 Å². The molecule has 0 saturated carbocycles. The summed E-state index contributed by atoms with van der Waals surface area (Å²) in [6, 6.07) is 0. The molecule has 3 heteroatoms. The number of carbonyl (C=O) groups excluding carboxylic acids is 1. The number of allylic oxidation sites excluding steroid dienone is 1. The highest BCUT2D eigenvalue weighted by Gasteiger charge is 2.10. The minimum Gasteiger partial charge on any atom is -0.299 e. The number of rotatable bonds is 5. The number of ketones is 1. The van der Waals surface area contributed by atoms with Crippen molar-refractivity contribution in [1.29, 1.82) is 0 Å². The van der Waals surface area contributed by atoms with E-state index in [9.17, 15) is 4.79 Å². The van der Waals surface area contributed by atoms with Crippen LogP contribution in [0.25, 0.3) is 0 Å². The lowest BCUT2D eigenvalue weighted by Gasteiger charge is -2.00. The van der Waals surface area contributed by atoms with E-state index in [4.69, 9.17) is 0 Å². The summed E-state index contributed by atoms with van der Waals surface area (Å²) >= 11 is 0. The van der Waals surface area contributed by atoms with E-state index in [1.165, 1.54) is 5.56 Å². The van der Waals surface area contributed by atoms with Crippen LogP contribution in [0.5, 0.6) is 0 Å². The van der Waals surface area contributed by atoms with Gasteiger partial charge >= 0.3 is 0 Å². The first-order valence-corrected chi connectivity index (χ1v) is 5.18. The molecule has 0 fully saturated rings. The molecule has 0 aliphatic rings. The lowest BCUT2D eigenvalue weighted by Crippen LogP contribution is -2.00. The summed E-state index contributed by atoms with van der Waals surface area (Å²) in [5.74, 6) is 0.243. The van der Waals surface area contributed by atoms with Gasteiger partial charge in [-0.05, 0) is 25.8 Å². The number of carbonyl (C=O) groups is 1. The molecule has 1 aromatic rings. The molecule has 0 amide bonds. The molecule has 0 bridgehead atoms. The van der Waals surface area contributed by atoms with Crippen LogP contribution in [0.2, 0.25) is 0 Å². The second-order valence-electron chi connectivity index (χ2n) is 3.80. The second-order valence-corrected chi connectivity index (χ2v) is 3.80. The van der Waals surface area contributed by atoms with Gasteiger partial charge in [-0.15, -0.1) is 6.58 Å². The lowest BCUT2D eigenvalue weighted by molar-refractivity contribution is -0.118. The van der Waals surface area contributed by atoms with Crippen molar-refractivity contribution >= 4 is 5.78 Å². The molecule has 1 aromatic heterocycles. The monoisotopic (exact) mass is 206 g/mol. The Morgan fingerprint density at radius 2 is 2.20 bits per heavy atom. The van der Waals surface area contributed by atoms with Crippen LogP contribution in [0.3, 0.4) is 0 Å². The first-order valence-electron chi connectivity index (χ1n) is 5.18. The number of aryl methyl sites for hydroxylation is 2. The molecule has 0 spiro atoms. The lowest BCUT2D eigenvalue weighted by atomic mass is 10.0. The van der Waals surface area contributed by atoms with Crippen molar-refractivity contribution in [1.82, 2.24) is 9.78 Å². The fourth-order valence-corrected chi connectivity index (χ4v) is 1.71. The Morgan fingerprint density at radius 1 is 1.53 bits per heavy atom. The predicted molar refractivity (Wildman–Crippen MR) is 60.8 cm³/mol. The van der Waals surface area contributed by atoms with Gasteiger partial charge in [0.05, 0.1) is 5.69 Å². The number of hydrogen-bond acceptors (Lipinski definition) is 2. The molecule has 15 heavy (non-hydrogen) atoms. The summed E-state index contributed by atoms with van der Waals surface area (Å²) in [6.07, 6.45) is 3.50. The number of Topliss-reactive ketones (excluding diaryl/α,β-unsaturated/α-hetero) is 1. The van der Waals surface area contributed by atoms with Crippen LogP contribution in [0.15, 0.2) is 12.7 Å². The smallest absolute Gasteiger partial charge is 0.136 e. The zero-order valence-electron chi connectivity index (χ0n) is 9.71. The molecule has 1 rings (SSSR count). The molecule has 0 N–H and O–H groups in total. The van der Waals surface area contributed by atoms with Crippen molar-refractivity contribution in [2.75, 3.05) is 0 Å². The van der Waals surface area contributed by atoms with Gasteiger partial charge in [-0.1, -0.05) is 6.08 Å². The average Bonchev–Trinajstić information content (AvgIpc) is 2.40. The van der Waals surface area contributed by atoms with Gasteiger partial charge in [-0.3, -0.25) is 9.48 Å². The quantitative estimate of drug-likeness (QED) is 0.692. The third-order valence-corrected chi connectivity index (χ3v) is 2.68. The fourth-order valence-electron chi connectivity index (χ4n) is 1.71. The van der Waals surface area contributed by atoms with E-state index in [-0.39, 0.29) is 5.78 Å². The van der Waals surface area contributed by atoms with E-state index in [2.05, 4.69) is 11.7 Å². The van der Waals surface area contributed by atoms with E-state index in [0.29, 0.717) is 12.8 Å². The molecule has 3 nitrogen and oxygen atoms in total. The molecule has 0 aliphatic heterocycles. The minimum absolute atomic E-state index is 0.243. The molecule has 0 aliphatic carbocycles. The average molecular weight is 206 g/mol. The highest BCUT2D eigenvalue weighted by atomic mass is 16.1. The van der Waals surface area contributed by atoms with E-state index in [0.717, 1.165) is 17.8 Å². The molecule has 0 saturated heterocycles. The van der Waals surface area contributed by atoms with Gasteiger partial charge in [0.25, 0.3) is 0 Å². The van der Waals surface area contributed by atoms with Gasteiger partial charge in [0.2, 0.25) is 0 Å². The van der Waals surface area contributed by atoms with Gasteiger partial charge in [-0.25, -0.2) is 0 Å². The summed E-state index contributed by atoms with van der Waals surface area (Å²) < 4.78 is 1.86. The Balaban J connectivity index is 2.65. The molecular weight excluding hydrogens is 188 g/mol. The number of nitrogens with zero attached hydrogens (tertiary/aromatic N) is 2. The molecule has 0 radical (unpaired) electrons. The third kappa shape index (κ3) is 2.78. The number of hydrogen-bond donors (Lipinski definition) is 0. The second kappa shape index (κ2) is 4.91. The Bertz CT molecular complexity index is 377. The Labute approximate surface area is 90.8 Å². The highest BCUT2D eigenvalue weighted by Crippen LogP contribution is 2.14. The molecule has 82 valence electrons. The molecule has 0 aromatic carbocycles. The molecular formula is C12H18N2O. The normalized spacial score (nSPS) is 10.3. The number of aromatic nitrogens is 2. The van der Waals surface area contributed by atoms with Crippen LogP contribution in [-0.4, -0.2) is 15.6 Å². The summed E-state index contributed by atoms with van der Waals surface area (Å²) in [4.78, 5) is 11.3. The van der Waals surface area contributed by atoms with Gasteiger partial charge in [0, 0.05) is 25.6 Å². The summed E-state index contributed by atoms with van der Waals surface area (Å²) in [5, 5.41) is 4.32. The molecule has 1 heterocycles. The van der Waals surface area contributed by atoms with Crippen LogP contribution in [-0.2, 0) is 18.3 Å². The minimum atomic E-state index is 0.243. The van der Waals surface area contributed by atoms with Crippen molar-refractivity contribution in [3.8, 4) is 0 Å². The van der Waals surface area contributed by atoms with Crippen LogP contribution in [0.1, 0.15) is 29.8 Å². The van der Waals surface area contributed by atoms with Crippen molar-refractivity contribution in [2.24, 2.45) is 7.05 Å². The molecule has 0 atom stereocenters. The van der Waals surface area contributed by atoms with Gasteiger partial charge < -0.3 is 0 Å². The maximum atomic E-state index is 11.3. The highest BCUT2D eigenvalue weighted by molar-refractivity contribution is 5.80. The first-order chi connectivity index (χ1) is 7.06. The fraction of sp³-hybridized carbons (Fsp3) is 0.500. The van der Waals surface area contributed by atoms with Crippen molar-refractivity contribution in [2.45, 2.75) is 33.1 Å². The maximum absolute atomic E-state index is 11.3. The van der Waals surface area contributed by atoms with Crippen molar-refractivity contribution < 1.29 is 4.79 Å². The van der Waals surface area contributed by atoms with Gasteiger partial charge in [0.1, 0.15) is 5.78 Å². The predicted octanol–water partition coefficient (Wildman–Crippen LogP) is 2.11. The van der Waals surface area contributed by atoms with Crippen LogP contribution < -0.4 is 0 Å². The third-order valence-electron chi connectivity index (χ3n) is 2.68. The summed E-state index contributed by atoms with van der Waals surface area (Å²) in [5.41, 5.74) is 3.38.